The highest BCUT2D eigenvalue weighted by atomic mass is 19.1. The fourth-order valence-corrected chi connectivity index (χ4v) is 1.91. The van der Waals surface area contributed by atoms with Gasteiger partial charge in [-0.25, -0.2) is 4.39 Å². The van der Waals surface area contributed by atoms with Gasteiger partial charge < -0.3 is 0 Å². The van der Waals surface area contributed by atoms with Crippen molar-refractivity contribution in [1.29, 1.82) is 0 Å². The Morgan fingerprint density at radius 3 is 2.62 bits per heavy atom. The second-order valence-electron chi connectivity index (χ2n) is 2.95. The normalized spacial score (nSPS) is 63.9. The summed E-state index contributed by atoms with van der Waals surface area (Å²) >= 11 is 0. The minimum atomic E-state index is -0.633. The third-order valence-electron chi connectivity index (χ3n) is 2.38. The molecule has 2 bridgehead atoms. The first-order chi connectivity index (χ1) is 4.29. The predicted octanol–water partition coefficient (Wildman–Crippen LogP) is 2.14. The third-order valence-corrected chi connectivity index (χ3v) is 2.38. The largest absolute Gasteiger partial charge is 0.247 e. The van der Waals surface area contributed by atoms with Gasteiger partial charge in [0.05, 0.1) is 0 Å². The Balaban J connectivity index is 2.16. The minimum absolute atomic E-state index is 0.0556. The molecule has 46 valence electrons. The number of halogens is 1. The first-order valence-electron chi connectivity index (χ1n) is 3.93. The van der Waals surface area contributed by atoms with E-state index < -0.39 is 6.17 Å². The van der Waals surface area contributed by atoms with Crippen molar-refractivity contribution in [2.45, 2.75) is 31.8 Å². The van der Waals surface area contributed by atoms with Gasteiger partial charge in [-0.05, 0) is 37.5 Å². The van der Waals surface area contributed by atoms with Crippen molar-refractivity contribution >= 4 is 0 Å². The molecule has 0 N–H and O–H groups in total. The van der Waals surface area contributed by atoms with Crippen LogP contribution in [0, 0.1) is 11.8 Å². The van der Waals surface area contributed by atoms with E-state index in [9.17, 15) is 4.39 Å². The van der Waals surface area contributed by atoms with Crippen LogP contribution in [0.4, 0.5) is 4.39 Å². The van der Waals surface area contributed by atoms with Gasteiger partial charge in [0.25, 0.3) is 0 Å². The van der Waals surface area contributed by atoms with Gasteiger partial charge in [-0.15, -0.1) is 0 Å². The monoisotopic (exact) mass is 115 g/mol. The lowest BCUT2D eigenvalue weighted by Gasteiger charge is -2.11. The Morgan fingerprint density at radius 2 is 2.38 bits per heavy atom. The van der Waals surface area contributed by atoms with Crippen molar-refractivity contribution in [3.63, 3.8) is 0 Å². The van der Waals surface area contributed by atoms with Crippen LogP contribution >= 0.6 is 0 Å². The van der Waals surface area contributed by atoms with E-state index in [-0.39, 0.29) is 12.3 Å². The van der Waals surface area contributed by atoms with Crippen LogP contribution < -0.4 is 0 Å². The molecule has 0 nitrogen and oxygen atoms in total. The van der Waals surface area contributed by atoms with E-state index in [0.717, 1.165) is 12.8 Å². The van der Waals surface area contributed by atoms with Crippen LogP contribution in [-0.4, -0.2) is 6.17 Å². The molecule has 0 aliphatic heterocycles. The minimum Gasteiger partial charge on any atom is -0.247 e. The third kappa shape index (κ3) is 0.503. The number of rotatable bonds is 0. The van der Waals surface area contributed by atoms with E-state index in [1.54, 1.807) is 0 Å². The molecule has 0 spiro atoms. The summed E-state index contributed by atoms with van der Waals surface area (Å²) in [4.78, 5) is 0. The Bertz CT molecular complexity index is 126. The SMILES string of the molecule is [2H]C1C2CCC1[C@H](F)C2. The zero-order valence-electron chi connectivity index (χ0n) is 5.81. The predicted molar refractivity (Wildman–Crippen MR) is 30.3 cm³/mol. The number of alkyl halides is 1. The zero-order valence-corrected chi connectivity index (χ0v) is 4.81. The van der Waals surface area contributed by atoms with Crippen LogP contribution in [0.15, 0.2) is 0 Å². The van der Waals surface area contributed by atoms with Crippen molar-refractivity contribution in [3.8, 4) is 0 Å². The highest BCUT2D eigenvalue weighted by Crippen LogP contribution is 2.45. The van der Waals surface area contributed by atoms with Crippen LogP contribution in [0.2, 0.25) is 0 Å². The highest BCUT2D eigenvalue weighted by molar-refractivity contribution is 4.89. The summed E-state index contributed by atoms with van der Waals surface area (Å²) in [5, 5.41) is 0. The van der Waals surface area contributed by atoms with Crippen LogP contribution in [-0.2, 0) is 0 Å². The molecule has 2 rings (SSSR count). The quantitative estimate of drug-likeness (QED) is 0.453. The molecule has 2 aliphatic rings. The second kappa shape index (κ2) is 1.46. The van der Waals surface area contributed by atoms with Crippen molar-refractivity contribution in [1.82, 2.24) is 0 Å². The maximum atomic E-state index is 12.7. The van der Waals surface area contributed by atoms with Crippen LogP contribution in [0.5, 0.6) is 0 Å². The average molecular weight is 115 g/mol. The van der Waals surface area contributed by atoms with Gasteiger partial charge in [-0.1, -0.05) is 0 Å². The van der Waals surface area contributed by atoms with E-state index in [4.69, 9.17) is 1.37 Å². The Kier molecular flexibility index (Phi) is 0.704. The fraction of sp³-hybridized carbons (Fsp3) is 1.00. The fourth-order valence-electron chi connectivity index (χ4n) is 1.91. The molecule has 2 saturated carbocycles. The lowest BCUT2D eigenvalue weighted by Crippen LogP contribution is -2.09. The van der Waals surface area contributed by atoms with E-state index in [1.807, 2.05) is 0 Å². The highest BCUT2D eigenvalue weighted by Gasteiger charge is 2.39. The molecule has 2 fully saturated rings. The smallest absolute Gasteiger partial charge is 0.103 e. The van der Waals surface area contributed by atoms with Crippen molar-refractivity contribution in [2.24, 2.45) is 11.8 Å². The molecule has 0 saturated heterocycles. The summed E-state index contributed by atoms with van der Waals surface area (Å²) in [6, 6.07) is 0. The molecular formula is C7H11F. The van der Waals surface area contributed by atoms with E-state index >= 15 is 0 Å². The molecule has 0 aromatic heterocycles. The van der Waals surface area contributed by atoms with Gasteiger partial charge in [0.1, 0.15) is 6.17 Å². The van der Waals surface area contributed by atoms with Gasteiger partial charge in [-0.3, -0.25) is 0 Å². The Hall–Kier alpha value is -0.0700. The van der Waals surface area contributed by atoms with Crippen LogP contribution in [0.1, 0.15) is 27.0 Å². The average Bonchev–Trinajstić information content (AvgIpc) is 2.25. The van der Waals surface area contributed by atoms with Gasteiger partial charge >= 0.3 is 0 Å². The van der Waals surface area contributed by atoms with E-state index in [0.29, 0.717) is 12.3 Å². The first kappa shape index (κ1) is 3.86. The molecular weight excluding hydrogens is 103 g/mol. The summed E-state index contributed by atoms with van der Waals surface area (Å²) in [5.74, 6) is 0.514. The topological polar surface area (TPSA) is 0 Å². The summed E-state index contributed by atoms with van der Waals surface area (Å²) in [6.45, 7) is 0. The lowest BCUT2D eigenvalue weighted by atomic mass is 9.99. The first-order valence-corrected chi connectivity index (χ1v) is 3.35. The van der Waals surface area contributed by atoms with Gasteiger partial charge in [0.2, 0.25) is 0 Å². The zero-order chi connectivity index (χ0) is 6.43. The van der Waals surface area contributed by atoms with E-state index in [1.165, 1.54) is 0 Å². The molecule has 0 heterocycles. The standard InChI is InChI=1S/C7H11F/c8-7-4-5-1-2-6(7)3-5/h5-7H,1-4H2/t5?,6?,7-/m1/s1/i3D/t3?,5?,6?,7-. The summed E-state index contributed by atoms with van der Waals surface area (Å²) in [7, 11) is 0. The van der Waals surface area contributed by atoms with E-state index in [2.05, 4.69) is 0 Å². The Labute approximate surface area is 50.5 Å². The summed E-state index contributed by atoms with van der Waals surface area (Å²) < 4.78 is 20.2. The van der Waals surface area contributed by atoms with Gasteiger partial charge in [0.15, 0.2) is 0 Å². The Morgan fingerprint density at radius 1 is 1.50 bits per heavy atom. The summed E-state index contributed by atoms with van der Waals surface area (Å²) in [5.41, 5.74) is 0. The van der Waals surface area contributed by atoms with Crippen LogP contribution in [0.25, 0.3) is 0 Å². The van der Waals surface area contributed by atoms with Crippen molar-refractivity contribution in [3.05, 3.63) is 0 Å². The maximum absolute atomic E-state index is 12.7. The van der Waals surface area contributed by atoms with Crippen LogP contribution in [0.3, 0.4) is 0 Å². The molecule has 0 amide bonds. The molecule has 3 unspecified atom stereocenters. The maximum Gasteiger partial charge on any atom is 0.103 e. The summed E-state index contributed by atoms with van der Waals surface area (Å²) in [6.07, 6.45) is 2.07. The molecule has 0 aromatic carbocycles. The lowest BCUT2D eigenvalue weighted by molar-refractivity contribution is 0.231. The number of hydrogen-bond acceptors (Lipinski definition) is 0. The molecule has 2 aliphatic carbocycles. The van der Waals surface area contributed by atoms with Gasteiger partial charge in [-0.2, -0.15) is 0 Å². The molecule has 0 aromatic rings. The van der Waals surface area contributed by atoms with Crippen molar-refractivity contribution in [2.75, 3.05) is 0 Å². The number of fused-ring (bicyclic) bond motifs is 2. The number of hydrogen-bond donors (Lipinski definition) is 0. The molecule has 8 heavy (non-hydrogen) atoms. The van der Waals surface area contributed by atoms with Gasteiger partial charge in [0, 0.05) is 1.37 Å². The molecule has 0 radical (unpaired) electrons. The molecule has 4 atom stereocenters. The molecule has 1 heteroatoms. The second-order valence-corrected chi connectivity index (χ2v) is 2.95. The van der Waals surface area contributed by atoms with Crippen molar-refractivity contribution < 1.29 is 5.76 Å².